The molecule has 0 heterocycles. The standard InChI is InChI=1S/C8H12F2N2.C2H6/c1-6(4-11)5-12-7-2-8(9,10)3-7;1-2/h4-5,7H,2-3,11H2,1H3;1-2H3/b6-4-,12-5?;. The minimum Gasteiger partial charge on any atom is -0.404 e. The predicted octanol–water partition coefficient (Wildman–Crippen LogP) is 2.74. The number of nitrogens with two attached hydrogens (primary N) is 1. The van der Waals surface area contributed by atoms with E-state index in [0.29, 0.717) is 0 Å². The molecule has 0 spiro atoms. The van der Waals surface area contributed by atoms with Gasteiger partial charge >= 0.3 is 0 Å². The Hall–Kier alpha value is -0.930. The summed E-state index contributed by atoms with van der Waals surface area (Å²) in [6.45, 7) is 5.78. The van der Waals surface area contributed by atoms with Crippen LogP contribution in [0, 0.1) is 0 Å². The molecule has 0 radical (unpaired) electrons. The lowest BCUT2D eigenvalue weighted by atomic mass is 9.89. The van der Waals surface area contributed by atoms with Crippen LogP contribution in [0.25, 0.3) is 0 Å². The first-order valence-electron chi connectivity index (χ1n) is 4.83. The first-order chi connectivity index (χ1) is 6.53. The topological polar surface area (TPSA) is 38.4 Å². The first kappa shape index (κ1) is 13.1. The molecule has 14 heavy (non-hydrogen) atoms. The number of alkyl halides is 2. The SMILES string of the molecule is C/C(C=NC1CC(F)(F)C1)=C/N.CC. The molecule has 0 saturated heterocycles. The third-order valence-corrected chi connectivity index (χ3v) is 1.82. The zero-order chi connectivity index (χ0) is 11.2. The highest BCUT2D eigenvalue weighted by Crippen LogP contribution is 2.39. The number of allylic oxidation sites excluding steroid dienone is 1. The summed E-state index contributed by atoms with van der Waals surface area (Å²) < 4.78 is 24.6. The Morgan fingerprint density at radius 3 is 2.29 bits per heavy atom. The molecule has 0 aromatic rings. The van der Waals surface area contributed by atoms with Crippen molar-refractivity contribution in [1.29, 1.82) is 0 Å². The van der Waals surface area contributed by atoms with Crippen molar-refractivity contribution in [3.05, 3.63) is 11.8 Å². The van der Waals surface area contributed by atoms with E-state index in [4.69, 9.17) is 5.73 Å². The van der Waals surface area contributed by atoms with Gasteiger partial charge in [-0.2, -0.15) is 0 Å². The Morgan fingerprint density at radius 2 is 1.93 bits per heavy atom. The lowest BCUT2D eigenvalue weighted by molar-refractivity contribution is -0.0833. The summed E-state index contributed by atoms with van der Waals surface area (Å²) in [5.74, 6) is -2.48. The van der Waals surface area contributed by atoms with Gasteiger partial charge in [-0.15, -0.1) is 0 Å². The molecule has 1 fully saturated rings. The third kappa shape index (κ3) is 4.35. The van der Waals surface area contributed by atoms with Crippen molar-refractivity contribution in [3.63, 3.8) is 0 Å². The van der Waals surface area contributed by atoms with Crippen molar-refractivity contribution in [1.82, 2.24) is 0 Å². The lowest BCUT2D eigenvalue weighted by Crippen LogP contribution is -2.38. The number of aliphatic imine (C=N–C) groups is 1. The van der Waals surface area contributed by atoms with Crippen LogP contribution in [0.3, 0.4) is 0 Å². The van der Waals surface area contributed by atoms with E-state index in [9.17, 15) is 8.78 Å². The smallest absolute Gasteiger partial charge is 0.252 e. The van der Waals surface area contributed by atoms with Gasteiger partial charge in [-0.05, 0) is 18.7 Å². The zero-order valence-electron chi connectivity index (χ0n) is 8.93. The van der Waals surface area contributed by atoms with E-state index in [1.165, 1.54) is 6.20 Å². The molecular formula is C10H18F2N2. The highest BCUT2D eigenvalue weighted by Gasteiger charge is 2.44. The molecular weight excluding hydrogens is 186 g/mol. The summed E-state index contributed by atoms with van der Waals surface area (Å²) in [4.78, 5) is 3.94. The van der Waals surface area contributed by atoms with Gasteiger partial charge in [0, 0.05) is 19.1 Å². The second kappa shape index (κ2) is 5.73. The zero-order valence-corrected chi connectivity index (χ0v) is 8.93. The van der Waals surface area contributed by atoms with Crippen molar-refractivity contribution in [2.24, 2.45) is 10.7 Å². The Morgan fingerprint density at radius 1 is 1.43 bits per heavy atom. The fourth-order valence-corrected chi connectivity index (χ4v) is 1.00. The molecule has 0 aromatic heterocycles. The van der Waals surface area contributed by atoms with Crippen LogP contribution in [-0.4, -0.2) is 18.2 Å². The molecule has 1 saturated carbocycles. The molecule has 4 heteroatoms. The number of nitrogens with zero attached hydrogens (tertiary/aromatic N) is 1. The van der Waals surface area contributed by atoms with Crippen LogP contribution in [0.1, 0.15) is 33.6 Å². The van der Waals surface area contributed by atoms with E-state index >= 15 is 0 Å². The normalized spacial score (nSPS) is 21.4. The van der Waals surface area contributed by atoms with Gasteiger partial charge in [0.2, 0.25) is 0 Å². The Balaban J connectivity index is 0.000000791. The van der Waals surface area contributed by atoms with Crippen molar-refractivity contribution in [2.75, 3.05) is 0 Å². The highest BCUT2D eigenvalue weighted by molar-refractivity contribution is 5.77. The van der Waals surface area contributed by atoms with Gasteiger partial charge in [-0.25, -0.2) is 8.78 Å². The maximum Gasteiger partial charge on any atom is 0.252 e. The Bertz CT molecular complexity index is 214. The average Bonchev–Trinajstić information content (AvgIpc) is 2.14. The van der Waals surface area contributed by atoms with Crippen LogP contribution in [0.5, 0.6) is 0 Å². The molecule has 2 nitrogen and oxygen atoms in total. The molecule has 0 aromatic carbocycles. The Kier molecular flexibility index (Phi) is 5.35. The third-order valence-electron chi connectivity index (χ3n) is 1.82. The quantitative estimate of drug-likeness (QED) is 0.690. The molecule has 82 valence electrons. The molecule has 1 aliphatic rings. The minimum atomic E-state index is -2.48. The summed E-state index contributed by atoms with van der Waals surface area (Å²) in [6.07, 6.45) is 2.70. The predicted molar refractivity (Wildman–Crippen MR) is 55.8 cm³/mol. The molecule has 2 N–H and O–H groups in total. The average molecular weight is 204 g/mol. The van der Waals surface area contributed by atoms with Crippen LogP contribution in [-0.2, 0) is 0 Å². The van der Waals surface area contributed by atoms with Gasteiger partial charge in [0.15, 0.2) is 0 Å². The monoisotopic (exact) mass is 204 g/mol. The lowest BCUT2D eigenvalue weighted by Gasteiger charge is -2.31. The summed E-state index contributed by atoms with van der Waals surface area (Å²) in [7, 11) is 0. The van der Waals surface area contributed by atoms with Gasteiger partial charge in [0.05, 0.1) is 6.04 Å². The van der Waals surface area contributed by atoms with Gasteiger partial charge in [0.25, 0.3) is 5.92 Å². The second-order valence-electron chi connectivity index (χ2n) is 3.11. The van der Waals surface area contributed by atoms with Gasteiger partial charge in [-0.3, -0.25) is 4.99 Å². The Labute approximate surface area is 83.9 Å². The van der Waals surface area contributed by atoms with Crippen molar-refractivity contribution in [2.45, 2.75) is 45.6 Å². The van der Waals surface area contributed by atoms with Crippen LogP contribution >= 0.6 is 0 Å². The number of halogens is 2. The minimum absolute atomic E-state index is 0.124. The summed E-state index contributed by atoms with van der Waals surface area (Å²) >= 11 is 0. The maximum atomic E-state index is 12.3. The largest absolute Gasteiger partial charge is 0.404 e. The van der Waals surface area contributed by atoms with E-state index in [1.807, 2.05) is 13.8 Å². The summed E-state index contributed by atoms with van der Waals surface area (Å²) in [6, 6.07) is -0.213. The van der Waals surface area contributed by atoms with E-state index < -0.39 is 5.92 Å². The van der Waals surface area contributed by atoms with Gasteiger partial charge in [0.1, 0.15) is 0 Å². The van der Waals surface area contributed by atoms with E-state index in [-0.39, 0.29) is 18.9 Å². The van der Waals surface area contributed by atoms with E-state index in [1.54, 1.807) is 13.1 Å². The van der Waals surface area contributed by atoms with Gasteiger partial charge < -0.3 is 5.73 Å². The van der Waals surface area contributed by atoms with Crippen molar-refractivity contribution >= 4 is 6.21 Å². The fourth-order valence-electron chi connectivity index (χ4n) is 1.00. The van der Waals surface area contributed by atoms with E-state index in [0.717, 1.165) is 5.57 Å². The number of rotatable bonds is 2. The van der Waals surface area contributed by atoms with Crippen molar-refractivity contribution in [3.8, 4) is 0 Å². The molecule has 1 rings (SSSR count). The van der Waals surface area contributed by atoms with Crippen LogP contribution in [0.15, 0.2) is 16.8 Å². The second-order valence-corrected chi connectivity index (χ2v) is 3.11. The maximum absolute atomic E-state index is 12.3. The highest BCUT2D eigenvalue weighted by atomic mass is 19.3. The fraction of sp³-hybridized carbons (Fsp3) is 0.700. The molecule has 0 bridgehead atoms. The van der Waals surface area contributed by atoms with E-state index in [2.05, 4.69) is 4.99 Å². The molecule has 0 atom stereocenters. The molecule has 1 aliphatic carbocycles. The summed E-state index contributed by atoms with van der Waals surface area (Å²) in [5.41, 5.74) is 5.97. The molecule has 0 amide bonds. The number of hydrogen-bond donors (Lipinski definition) is 1. The van der Waals surface area contributed by atoms with Crippen LogP contribution < -0.4 is 5.73 Å². The summed E-state index contributed by atoms with van der Waals surface area (Å²) in [5, 5.41) is 0. The first-order valence-corrected chi connectivity index (χ1v) is 4.83. The van der Waals surface area contributed by atoms with Gasteiger partial charge in [-0.1, -0.05) is 13.8 Å². The van der Waals surface area contributed by atoms with Crippen LogP contribution in [0.4, 0.5) is 8.78 Å². The molecule has 0 unspecified atom stereocenters. The molecule has 0 aliphatic heterocycles. The van der Waals surface area contributed by atoms with Crippen molar-refractivity contribution < 1.29 is 8.78 Å². The van der Waals surface area contributed by atoms with Crippen LogP contribution in [0.2, 0.25) is 0 Å². The number of hydrogen-bond acceptors (Lipinski definition) is 2.